The first-order valence-electron chi connectivity index (χ1n) is 8.88. The van der Waals surface area contributed by atoms with Gasteiger partial charge in [-0.15, -0.1) is 0 Å². The fraction of sp³-hybridized carbons (Fsp3) is 0.722. The van der Waals surface area contributed by atoms with Crippen molar-refractivity contribution < 1.29 is 19.1 Å². The number of fused-ring (bicyclic) bond motifs is 1. The molecule has 0 unspecified atom stereocenters. The lowest BCUT2D eigenvalue weighted by Crippen LogP contribution is -2.52. The number of amides is 3. The van der Waals surface area contributed by atoms with Gasteiger partial charge in [0.15, 0.2) is 0 Å². The third-order valence-corrected chi connectivity index (χ3v) is 4.43. The highest BCUT2D eigenvalue weighted by Gasteiger charge is 2.44. The summed E-state index contributed by atoms with van der Waals surface area (Å²) in [6.45, 7) is 6.42. The van der Waals surface area contributed by atoms with Crippen LogP contribution in [0, 0.1) is 5.92 Å². The fourth-order valence-corrected chi connectivity index (χ4v) is 3.24. The second kappa shape index (κ2) is 7.89. The van der Waals surface area contributed by atoms with E-state index >= 15 is 0 Å². The molecule has 1 fully saturated rings. The molecular formula is C18H29N3O4. The summed E-state index contributed by atoms with van der Waals surface area (Å²) in [5.41, 5.74) is -0.617. The van der Waals surface area contributed by atoms with Gasteiger partial charge >= 0.3 is 6.09 Å². The van der Waals surface area contributed by atoms with Gasteiger partial charge in [-0.3, -0.25) is 14.5 Å². The molecule has 2 atom stereocenters. The number of nitrogens with zero attached hydrogens (tertiary/aromatic N) is 2. The minimum absolute atomic E-state index is 0.0146. The highest BCUT2D eigenvalue weighted by Crippen LogP contribution is 2.30. The second-order valence-corrected chi connectivity index (χ2v) is 7.57. The smallest absolute Gasteiger partial charge is 0.410 e. The molecule has 25 heavy (non-hydrogen) atoms. The summed E-state index contributed by atoms with van der Waals surface area (Å²) in [6, 6.07) is -0.603. The van der Waals surface area contributed by atoms with E-state index in [9.17, 15) is 14.4 Å². The van der Waals surface area contributed by atoms with Gasteiger partial charge in [0.05, 0.1) is 6.54 Å². The molecule has 2 rings (SSSR count). The van der Waals surface area contributed by atoms with Crippen molar-refractivity contribution in [3.63, 3.8) is 0 Å². The van der Waals surface area contributed by atoms with Gasteiger partial charge in [0.2, 0.25) is 11.8 Å². The van der Waals surface area contributed by atoms with E-state index in [1.165, 1.54) is 4.90 Å². The largest absolute Gasteiger partial charge is 0.444 e. The van der Waals surface area contributed by atoms with Gasteiger partial charge in [0, 0.05) is 26.1 Å². The van der Waals surface area contributed by atoms with E-state index in [4.69, 9.17) is 4.74 Å². The highest BCUT2D eigenvalue weighted by molar-refractivity contribution is 5.90. The zero-order chi connectivity index (χ0) is 18.6. The van der Waals surface area contributed by atoms with Crippen molar-refractivity contribution >= 4 is 17.9 Å². The predicted octanol–water partition coefficient (Wildman–Crippen LogP) is 1.54. The Bertz CT molecular complexity index is 553. The van der Waals surface area contributed by atoms with E-state index in [0.717, 1.165) is 19.3 Å². The van der Waals surface area contributed by atoms with Crippen molar-refractivity contribution in [1.29, 1.82) is 0 Å². The van der Waals surface area contributed by atoms with Crippen molar-refractivity contribution in [2.75, 3.05) is 26.7 Å². The van der Waals surface area contributed by atoms with Crippen LogP contribution in [0.2, 0.25) is 0 Å². The molecule has 1 saturated heterocycles. The van der Waals surface area contributed by atoms with Crippen molar-refractivity contribution in [2.24, 2.45) is 5.92 Å². The van der Waals surface area contributed by atoms with Crippen LogP contribution in [-0.2, 0) is 14.3 Å². The van der Waals surface area contributed by atoms with Gasteiger partial charge in [-0.1, -0.05) is 12.2 Å². The molecule has 0 aromatic rings. The van der Waals surface area contributed by atoms with Crippen LogP contribution in [0.25, 0.3) is 0 Å². The first-order valence-corrected chi connectivity index (χ1v) is 8.88. The van der Waals surface area contributed by atoms with E-state index < -0.39 is 17.7 Å². The van der Waals surface area contributed by atoms with Gasteiger partial charge in [-0.2, -0.15) is 0 Å². The van der Waals surface area contributed by atoms with Crippen LogP contribution >= 0.6 is 0 Å². The molecule has 0 aliphatic carbocycles. The zero-order valence-corrected chi connectivity index (χ0v) is 15.6. The number of hydrogen-bond acceptors (Lipinski definition) is 4. The number of rotatable bonds is 2. The first-order chi connectivity index (χ1) is 11.7. The van der Waals surface area contributed by atoms with Crippen LogP contribution < -0.4 is 5.32 Å². The van der Waals surface area contributed by atoms with Gasteiger partial charge < -0.3 is 15.0 Å². The summed E-state index contributed by atoms with van der Waals surface area (Å²) in [6.07, 6.45) is 6.02. The molecule has 2 aliphatic rings. The van der Waals surface area contributed by atoms with Crippen LogP contribution in [0.5, 0.6) is 0 Å². The van der Waals surface area contributed by atoms with Gasteiger partial charge in [0.25, 0.3) is 0 Å². The SMILES string of the molecule is CNC(=O)CN1CCC/C=C\[C@H]2CCN(C(=O)OC(C)(C)C)[C@@H]2C1=O. The minimum atomic E-state index is -0.617. The Balaban J connectivity index is 2.24. The Morgan fingerprint density at radius 2 is 2.04 bits per heavy atom. The monoisotopic (exact) mass is 351 g/mol. The number of carbonyl (C=O) groups excluding carboxylic acids is 3. The average Bonchev–Trinajstić information content (AvgIpc) is 2.95. The highest BCUT2D eigenvalue weighted by atomic mass is 16.6. The Kier molecular flexibility index (Phi) is 6.08. The summed E-state index contributed by atoms with van der Waals surface area (Å²) in [5.74, 6) is -0.423. The van der Waals surface area contributed by atoms with E-state index in [-0.39, 0.29) is 24.3 Å². The lowest BCUT2D eigenvalue weighted by molar-refractivity contribution is -0.140. The molecule has 7 heteroatoms. The molecule has 0 aromatic heterocycles. The van der Waals surface area contributed by atoms with Crippen LogP contribution in [0.15, 0.2) is 12.2 Å². The summed E-state index contributed by atoms with van der Waals surface area (Å²) >= 11 is 0. The lowest BCUT2D eigenvalue weighted by Gasteiger charge is -2.32. The predicted molar refractivity (Wildman–Crippen MR) is 93.9 cm³/mol. The number of nitrogens with one attached hydrogen (secondary N) is 1. The van der Waals surface area contributed by atoms with E-state index in [0.29, 0.717) is 13.1 Å². The van der Waals surface area contributed by atoms with Crippen molar-refractivity contribution in [2.45, 2.75) is 51.7 Å². The number of allylic oxidation sites excluding steroid dienone is 1. The maximum atomic E-state index is 13.1. The van der Waals surface area contributed by atoms with Crippen molar-refractivity contribution in [1.82, 2.24) is 15.1 Å². The second-order valence-electron chi connectivity index (χ2n) is 7.57. The molecule has 0 aromatic carbocycles. The number of hydrogen-bond donors (Lipinski definition) is 1. The average molecular weight is 351 g/mol. The van der Waals surface area contributed by atoms with Crippen LogP contribution in [0.4, 0.5) is 4.79 Å². The summed E-state index contributed by atoms with van der Waals surface area (Å²) < 4.78 is 5.47. The van der Waals surface area contributed by atoms with Gasteiger partial charge in [-0.25, -0.2) is 4.79 Å². The standard InChI is InChI=1S/C18H29N3O4/c1-18(2,3)25-17(24)21-11-9-13-8-6-5-7-10-20(12-14(22)19-4)16(23)15(13)21/h6,8,13,15H,5,7,9-12H2,1-4H3,(H,19,22)/b8-6-/t13-,15-/m0/s1. The Hall–Kier alpha value is -2.05. The zero-order valence-electron chi connectivity index (χ0n) is 15.6. The van der Waals surface area contributed by atoms with Gasteiger partial charge in [-0.05, 0) is 40.0 Å². The maximum absolute atomic E-state index is 13.1. The third-order valence-electron chi connectivity index (χ3n) is 4.43. The lowest BCUT2D eigenvalue weighted by atomic mass is 9.98. The topological polar surface area (TPSA) is 79.0 Å². The van der Waals surface area contributed by atoms with E-state index in [1.807, 2.05) is 6.08 Å². The Labute approximate surface area is 149 Å². The molecule has 7 nitrogen and oxygen atoms in total. The number of ether oxygens (including phenoxy) is 1. The van der Waals surface area contributed by atoms with E-state index in [2.05, 4.69) is 11.4 Å². The number of likely N-dealkylation sites (tertiary alicyclic amines) is 1. The number of likely N-dealkylation sites (N-methyl/N-ethyl adjacent to an activating group) is 1. The molecule has 140 valence electrons. The molecule has 0 radical (unpaired) electrons. The van der Waals surface area contributed by atoms with E-state index in [1.54, 1.807) is 32.7 Å². The maximum Gasteiger partial charge on any atom is 0.410 e. The molecule has 2 heterocycles. The summed E-state index contributed by atoms with van der Waals surface area (Å²) in [4.78, 5) is 40.5. The van der Waals surface area contributed by atoms with Crippen LogP contribution in [0.1, 0.15) is 40.0 Å². The third kappa shape index (κ3) is 4.96. The van der Waals surface area contributed by atoms with Crippen LogP contribution in [0.3, 0.4) is 0 Å². The molecule has 1 N–H and O–H groups in total. The molecular weight excluding hydrogens is 322 g/mol. The molecule has 2 aliphatic heterocycles. The first kappa shape index (κ1) is 19.3. The molecule has 0 bridgehead atoms. The fourth-order valence-electron chi connectivity index (χ4n) is 3.24. The quantitative estimate of drug-likeness (QED) is 0.766. The summed E-state index contributed by atoms with van der Waals surface area (Å²) in [5, 5.41) is 2.56. The molecule has 0 spiro atoms. The minimum Gasteiger partial charge on any atom is -0.444 e. The number of carbonyl (C=O) groups is 3. The van der Waals surface area contributed by atoms with Crippen LogP contribution in [-0.4, -0.2) is 66.0 Å². The Morgan fingerprint density at radius 1 is 1.32 bits per heavy atom. The van der Waals surface area contributed by atoms with Gasteiger partial charge in [0.1, 0.15) is 11.6 Å². The Morgan fingerprint density at radius 3 is 2.68 bits per heavy atom. The summed E-state index contributed by atoms with van der Waals surface area (Å²) in [7, 11) is 1.55. The normalized spacial score (nSPS) is 25.5. The molecule has 3 amide bonds. The van der Waals surface area contributed by atoms with Crippen molar-refractivity contribution in [3.05, 3.63) is 12.2 Å². The van der Waals surface area contributed by atoms with Crippen molar-refractivity contribution in [3.8, 4) is 0 Å². The molecule has 0 saturated carbocycles.